The molecule has 0 fully saturated rings. The molecule has 3 aromatic carbocycles. The van der Waals surface area contributed by atoms with Crippen molar-refractivity contribution in [2.24, 2.45) is 5.16 Å². The summed E-state index contributed by atoms with van der Waals surface area (Å²) in [6, 6.07) is 15.9. The molecule has 0 unspecified atom stereocenters. The maximum Gasteiger partial charge on any atom is 0.573 e. The lowest BCUT2D eigenvalue weighted by Gasteiger charge is -2.09. The second-order valence-corrected chi connectivity index (χ2v) is 6.18. The fourth-order valence-electron chi connectivity index (χ4n) is 2.62. The lowest BCUT2D eigenvalue weighted by Crippen LogP contribution is -2.17. The molecule has 1 N–H and O–H groups in total. The van der Waals surface area contributed by atoms with Gasteiger partial charge < -0.3 is 9.47 Å². The molecule has 0 aliphatic rings. The fraction of sp³-hybridized carbons (Fsp3) is 0.143. The highest BCUT2D eigenvalue weighted by molar-refractivity contribution is 6.02. The number of carbonyl (C=O) groups excluding carboxylic acids is 1. The third-order valence-corrected chi connectivity index (χ3v) is 4.06. The summed E-state index contributed by atoms with van der Waals surface area (Å²) in [5.74, 6) is 0.350. The fourth-order valence-corrected chi connectivity index (χ4v) is 2.62. The Labute approximate surface area is 169 Å². The van der Waals surface area contributed by atoms with Crippen molar-refractivity contribution in [3.8, 4) is 11.5 Å². The second-order valence-electron chi connectivity index (χ2n) is 6.18. The largest absolute Gasteiger partial charge is 0.573 e. The monoisotopic (exact) mass is 418 g/mol. The Kier molecular flexibility index (Phi) is 6.10. The van der Waals surface area contributed by atoms with Gasteiger partial charge in [-0.2, -0.15) is 0 Å². The zero-order valence-corrected chi connectivity index (χ0v) is 16.0. The molecule has 6 nitrogen and oxygen atoms in total. The first-order valence-corrected chi connectivity index (χ1v) is 8.70. The molecule has 156 valence electrons. The number of hydrogen-bond acceptors (Lipinski definition) is 5. The zero-order valence-electron chi connectivity index (χ0n) is 16.0. The van der Waals surface area contributed by atoms with Gasteiger partial charge in [0, 0.05) is 5.69 Å². The average Bonchev–Trinajstić information content (AvgIpc) is 2.71. The third kappa shape index (κ3) is 5.63. The van der Waals surface area contributed by atoms with E-state index in [1.165, 1.54) is 12.1 Å². The van der Waals surface area contributed by atoms with Crippen molar-refractivity contribution in [2.45, 2.75) is 13.3 Å². The van der Waals surface area contributed by atoms with Crippen molar-refractivity contribution in [2.75, 3.05) is 12.4 Å². The van der Waals surface area contributed by atoms with Crippen molar-refractivity contribution in [1.82, 2.24) is 0 Å². The van der Waals surface area contributed by atoms with Crippen LogP contribution >= 0.6 is 0 Å². The molecule has 0 spiro atoms. The van der Waals surface area contributed by atoms with Gasteiger partial charge in [-0.05, 0) is 65.7 Å². The van der Waals surface area contributed by atoms with Gasteiger partial charge in [0.2, 0.25) is 0 Å². The summed E-state index contributed by atoms with van der Waals surface area (Å²) in [6.07, 6.45) is -5.67. The molecule has 0 aromatic heterocycles. The number of halogens is 3. The summed E-state index contributed by atoms with van der Waals surface area (Å²) in [4.78, 5) is 16.7. The Bertz CT molecular complexity index is 1080. The number of nitrogens with zero attached hydrogens (tertiary/aromatic N) is 1. The van der Waals surface area contributed by atoms with Crippen LogP contribution in [0.2, 0.25) is 0 Å². The normalized spacial score (nSPS) is 11.8. The van der Waals surface area contributed by atoms with Crippen molar-refractivity contribution < 1.29 is 32.3 Å². The minimum atomic E-state index is -4.78. The van der Waals surface area contributed by atoms with Crippen LogP contribution in [0.3, 0.4) is 0 Å². The molecule has 0 aliphatic carbocycles. The van der Waals surface area contributed by atoms with Crippen molar-refractivity contribution >= 4 is 28.3 Å². The first-order chi connectivity index (χ1) is 14.2. The van der Waals surface area contributed by atoms with Crippen molar-refractivity contribution in [3.05, 3.63) is 66.2 Å². The Hall–Kier alpha value is -3.75. The number of nitrogens with one attached hydrogen (secondary N) is 1. The van der Waals surface area contributed by atoms with E-state index in [9.17, 15) is 18.0 Å². The SMILES string of the molecule is COc1ccc2cc(/C(C)=N\OC(=O)Nc3ccc(OC(F)(F)F)cc3)ccc2c1. The average molecular weight is 418 g/mol. The van der Waals surface area contributed by atoms with Crippen LogP contribution in [0.25, 0.3) is 10.8 Å². The standard InChI is InChI=1S/C21H17F3N2O4/c1-13(14-3-4-16-12-19(28-2)8-5-15(16)11-14)26-30-20(27)25-17-6-9-18(10-7-17)29-21(22,23)24/h3-12H,1-2H3,(H,25,27)/b26-13-. The number of benzene rings is 3. The van der Waals surface area contributed by atoms with E-state index in [0.717, 1.165) is 34.2 Å². The highest BCUT2D eigenvalue weighted by Crippen LogP contribution is 2.24. The number of rotatable bonds is 5. The van der Waals surface area contributed by atoms with Gasteiger partial charge in [-0.15, -0.1) is 13.2 Å². The molecule has 0 bridgehead atoms. The molecule has 0 aliphatic heterocycles. The summed E-state index contributed by atoms with van der Waals surface area (Å²) < 4.78 is 45.4. The first-order valence-electron chi connectivity index (χ1n) is 8.70. The van der Waals surface area contributed by atoms with Gasteiger partial charge in [0.25, 0.3) is 0 Å². The Morgan fingerprint density at radius 2 is 1.57 bits per heavy atom. The van der Waals surface area contributed by atoms with Crippen LogP contribution in [-0.2, 0) is 4.84 Å². The van der Waals surface area contributed by atoms with Gasteiger partial charge in [0.05, 0.1) is 12.8 Å². The predicted molar refractivity (Wildman–Crippen MR) is 106 cm³/mol. The van der Waals surface area contributed by atoms with E-state index < -0.39 is 18.2 Å². The Morgan fingerprint density at radius 1 is 0.933 bits per heavy atom. The van der Waals surface area contributed by atoms with E-state index >= 15 is 0 Å². The molecule has 0 radical (unpaired) electrons. The summed E-state index contributed by atoms with van der Waals surface area (Å²) in [5.41, 5.74) is 1.45. The maximum absolute atomic E-state index is 12.2. The molecule has 0 atom stereocenters. The number of hydrogen-bond donors (Lipinski definition) is 1. The van der Waals surface area contributed by atoms with Crippen molar-refractivity contribution in [1.29, 1.82) is 0 Å². The molecule has 0 heterocycles. The smallest absolute Gasteiger partial charge is 0.497 e. The first kappa shape index (κ1) is 21.0. The minimum Gasteiger partial charge on any atom is -0.497 e. The number of anilines is 1. The van der Waals surface area contributed by atoms with E-state index in [1.54, 1.807) is 14.0 Å². The second kappa shape index (κ2) is 8.73. The summed E-state index contributed by atoms with van der Waals surface area (Å²) in [6.45, 7) is 1.68. The topological polar surface area (TPSA) is 69.2 Å². The van der Waals surface area contributed by atoms with Crippen LogP contribution in [0.4, 0.5) is 23.7 Å². The van der Waals surface area contributed by atoms with Crippen LogP contribution < -0.4 is 14.8 Å². The van der Waals surface area contributed by atoms with Gasteiger partial charge in [-0.1, -0.05) is 23.4 Å². The van der Waals surface area contributed by atoms with Crippen LogP contribution in [0.1, 0.15) is 12.5 Å². The van der Waals surface area contributed by atoms with Gasteiger partial charge >= 0.3 is 12.5 Å². The number of carbonyl (C=O) groups is 1. The number of amides is 1. The molecular weight excluding hydrogens is 401 g/mol. The van der Waals surface area contributed by atoms with E-state index in [4.69, 9.17) is 9.57 Å². The Morgan fingerprint density at radius 3 is 2.23 bits per heavy atom. The maximum atomic E-state index is 12.2. The molecule has 30 heavy (non-hydrogen) atoms. The van der Waals surface area contributed by atoms with Gasteiger partial charge in [-0.25, -0.2) is 4.79 Å². The highest BCUT2D eigenvalue weighted by atomic mass is 19.4. The Balaban J connectivity index is 1.62. The molecular formula is C21H17F3N2O4. The van der Waals surface area contributed by atoms with Crippen LogP contribution in [0.5, 0.6) is 11.5 Å². The quantitative estimate of drug-likeness (QED) is 0.327. The van der Waals surface area contributed by atoms with Gasteiger partial charge in [0.15, 0.2) is 0 Å². The van der Waals surface area contributed by atoms with Crippen LogP contribution in [0, 0.1) is 0 Å². The molecule has 3 aromatic rings. The summed E-state index contributed by atoms with van der Waals surface area (Å²) in [7, 11) is 1.60. The summed E-state index contributed by atoms with van der Waals surface area (Å²) >= 11 is 0. The zero-order chi connectivity index (χ0) is 21.7. The number of methoxy groups -OCH3 is 1. The molecule has 9 heteroatoms. The third-order valence-electron chi connectivity index (χ3n) is 4.06. The van der Waals surface area contributed by atoms with E-state index in [2.05, 4.69) is 15.2 Å². The number of alkyl halides is 3. The predicted octanol–water partition coefficient (Wildman–Crippen LogP) is 5.72. The molecule has 0 saturated carbocycles. The lowest BCUT2D eigenvalue weighted by molar-refractivity contribution is -0.274. The highest BCUT2D eigenvalue weighted by Gasteiger charge is 2.30. The summed E-state index contributed by atoms with van der Waals surface area (Å²) in [5, 5.41) is 8.12. The molecule has 3 rings (SSSR count). The van der Waals surface area contributed by atoms with Gasteiger partial charge in [0.1, 0.15) is 11.5 Å². The number of fused-ring (bicyclic) bond motifs is 1. The molecule has 0 saturated heterocycles. The van der Waals surface area contributed by atoms with Gasteiger partial charge in [-0.3, -0.25) is 10.2 Å². The lowest BCUT2D eigenvalue weighted by atomic mass is 10.0. The van der Waals surface area contributed by atoms with E-state index in [-0.39, 0.29) is 5.69 Å². The van der Waals surface area contributed by atoms with Crippen LogP contribution in [-0.4, -0.2) is 25.3 Å². The minimum absolute atomic E-state index is 0.224. The molecule has 1 amide bonds. The van der Waals surface area contributed by atoms with E-state index in [0.29, 0.717) is 5.71 Å². The number of oxime groups is 1. The van der Waals surface area contributed by atoms with Crippen LogP contribution in [0.15, 0.2) is 65.8 Å². The van der Waals surface area contributed by atoms with Crippen molar-refractivity contribution in [3.63, 3.8) is 0 Å². The van der Waals surface area contributed by atoms with E-state index in [1.807, 2.05) is 36.4 Å². The number of ether oxygens (including phenoxy) is 2.